The van der Waals surface area contributed by atoms with Crippen LogP contribution in [-0.4, -0.2) is 36.6 Å². The van der Waals surface area contributed by atoms with Crippen LogP contribution < -0.4 is 4.74 Å². The van der Waals surface area contributed by atoms with Crippen molar-refractivity contribution in [3.05, 3.63) is 77.5 Å². The quantitative estimate of drug-likeness (QED) is 0.637. The van der Waals surface area contributed by atoms with Gasteiger partial charge in [-0.3, -0.25) is 4.90 Å². The van der Waals surface area contributed by atoms with E-state index in [9.17, 15) is 0 Å². The van der Waals surface area contributed by atoms with E-state index in [0.29, 0.717) is 5.92 Å². The van der Waals surface area contributed by atoms with E-state index in [1.807, 2.05) is 6.08 Å². The van der Waals surface area contributed by atoms with E-state index in [1.54, 1.807) is 12.7 Å². The van der Waals surface area contributed by atoms with Crippen molar-refractivity contribution in [1.82, 2.24) is 9.88 Å². The Morgan fingerprint density at radius 3 is 2.97 bits per heavy atom. The number of H-pyrrole nitrogens is 1. The van der Waals surface area contributed by atoms with Gasteiger partial charge < -0.3 is 9.72 Å². The van der Waals surface area contributed by atoms with Crippen molar-refractivity contribution in [3.8, 4) is 5.75 Å². The number of fused-ring (bicyclic) bond motifs is 4. The molecule has 1 aromatic heterocycles. The van der Waals surface area contributed by atoms with Crippen LogP contribution in [0.1, 0.15) is 28.8 Å². The molecular weight excluding hydrogens is 356 g/mol. The Hall–Kier alpha value is -2.52. The predicted molar refractivity (Wildman–Crippen MR) is 120 cm³/mol. The Balaban J connectivity index is 1.65. The molecule has 0 spiro atoms. The van der Waals surface area contributed by atoms with Gasteiger partial charge >= 0.3 is 0 Å². The van der Waals surface area contributed by atoms with E-state index in [2.05, 4.69) is 65.9 Å². The molecule has 2 heterocycles. The number of nitrogens with zero attached hydrogens (tertiary/aromatic N) is 1. The van der Waals surface area contributed by atoms with Crippen molar-refractivity contribution in [2.24, 2.45) is 5.92 Å². The molecule has 2 aromatic carbocycles. The molecule has 3 aromatic rings. The van der Waals surface area contributed by atoms with Gasteiger partial charge in [-0.2, -0.15) is 0 Å². The first-order valence-corrected chi connectivity index (χ1v) is 10.7. The maximum atomic E-state index is 5.58. The number of rotatable bonds is 4. The van der Waals surface area contributed by atoms with Crippen molar-refractivity contribution in [2.45, 2.75) is 31.6 Å². The fourth-order valence-electron chi connectivity index (χ4n) is 5.89. The van der Waals surface area contributed by atoms with Gasteiger partial charge in [-0.25, -0.2) is 0 Å². The number of benzene rings is 2. The number of nitrogens with one attached hydrogen (secondary N) is 1. The second kappa shape index (κ2) is 7.07. The lowest BCUT2D eigenvalue weighted by molar-refractivity contribution is 0.0896. The Kier molecular flexibility index (Phi) is 4.51. The topological polar surface area (TPSA) is 28.3 Å². The number of ether oxygens (including phenoxy) is 1. The molecule has 0 radical (unpaired) electrons. The molecule has 1 fully saturated rings. The second-order valence-corrected chi connectivity index (χ2v) is 8.84. The van der Waals surface area contributed by atoms with Crippen LogP contribution in [-0.2, 0) is 18.3 Å². The van der Waals surface area contributed by atoms with Crippen LogP contribution in [0.15, 0.2) is 55.1 Å². The van der Waals surface area contributed by atoms with Gasteiger partial charge in [-0.15, -0.1) is 6.58 Å². The van der Waals surface area contributed by atoms with Crippen molar-refractivity contribution < 1.29 is 4.74 Å². The number of aryl methyl sites for hydroxylation is 1. The van der Waals surface area contributed by atoms with E-state index in [0.717, 1.165) is 38.2 Å². The zero-order valence-corrected chi connectivity index (χ0v) is 17.5. The summed E-state index contributed by atoms with van der Waals surface area (Å²) in [5, 5.41) is 1.45. The predicted octanol–water partition coefficient (Wildman–Crippen LogP) is 5.03. The summed E-state index contributed by atoms with van der Waals surface area (Å²) < 4.78 is 5.58. The van der Waals surface area contributed by atoms with Crippen LogP contribution in [0.25, 0.3) is 10.9 Å². The number of piperidine rings is 1. The second-order valence-electron chi connectivity index (χ2n) is 8.84. The van der Waals surface area contributed by atoms with Crippen LogP contribution >= 0.6 is 0 Å². The average Bonchev–Trinajstić information content (AvgIpc) is 3.10. The van der Waals surface area contributed by atoms with Gasteiger partial charge in [0, 0.05) is 35.1 Å². The minimum absolute atomic E-state index is 0.161. The largest absolute Gasteiger partial charge is 0.497 e. The number of likely N-dealkylation sites (tertiary alicyclic amines) is 1. The molecule has 1 aliphatic carbocycles. The molecule has 2 aliphatic rings. The maximum absolute atomic E-state index is 5.58. The average molecular weight is 387 g/mol. The van der Waals surface area contributed by atoms with Gasteiger partial charge in [0.25, 0.3) is 0 Å². The Morgan fingerprint density at radius 1 is 1.28 bits per heavy atom. The Morgan fingerprint density at radius 2 is 2.14 bits per heavy atom. The minimum Gasteiger partial charge on any atom is -0.497 e. The molecule has 5 rings (SSSR count). The van der Waals surface area contributed by atoms with E-state index in [1.165, 1.54) is 34.1 Å². The third-order valence-corrected chi connectivity index (χ3v) is 7.33. The lowest BCUT2D eigenvalue weighted by Gasteiger charge is -2.51. The lowest BCUT2D eigenvalue weighted by atomic mass is 9.58. The normalized spacial score (nSPS) is 24.1. The first-order valence-electron chi connectivity index (χ1n) is 10.7. The molecular formula is C26H30N2O. The molecule has 2 unspecified atom stereocenters. The highest BCUT2D eigenvalue weighted by Crippen LogP contribution is 2.49. The molecule has 1 aliphatic heterocycles. The summed E-state index contributed by atoms with van der Waals surface area (Å²) in [5.74, 6) is 1.55. The monoisotopic (exact) mass is 386 g/mol. The summed E-state index contributed by atoms with van der Waals surface area (Å²) in [7, 11) is 1.76. The number of aromatic nitrogens is 1. The van der Waals surface area contributed by atoms with E-state index in [4.69, 9.17) is 4.74 Å². The van der Waals surface area contributed by atoms with Crippen LogP contribution in [0.2, 0.25) is 0 Å². The van der Waals surface area contributed by atoms with Gasteiger partial charge in [0.05, 0.1) is 7.11 Å². The highest BCUT2D eigenvalue weighted by molar-refractivity contribution is 5.88. The molecule has 2 atom stereocenters. The fourth-order valence-corrected chi connectivity index (χ4v) is 5.89. The number of hydrogen-bond acceptors (Lipinski definition) is 2. The third kappa shape index (κ3) is 2.91. The molecule has 150 valence electrons. The van der Waals surface area contributed by atoms with Gasteiger partial charge in [-0.1, -0.05) is 30.3 Å². The number of hydrogen-bond donors (Lipinski definition) is 1. The summed E-state index contributed by atoms with van der Waals surface area (Å²) in [6.45, 7) is 9.44. The Labute approximate surface area is 173 Å². The summed E-state index contributed by atoms with van der Waals surface area (Å²) in [5.41, 5.74) is 7.24. The minimum atomic E-state index is 0.161. The summed E-state index contributed by atoms with van der Waals surface area (Å²) in [4.78, 5) is 6.36. The van der Waals surface area contributed by atoms with Crippen LogP contribution in [0.5, 0.6) is 5.75 Å². The van der Waals surface area contributed by atoms with Crippen molar-refractivity contribution in [1.29, 1.82) is 0 Å². The third-order valence-electron chi connectivity index (χ3n) is 7.33. The number of methoxy groups -OCH3 is 1. The fraction of sp³-hybridized carbons (Fsp3) is 0.385. The smallest absolute Gasteiger partial charge is 0.119 e. The standard InChI is InChI=1S/C26H30N2O/c1-4-12-28-13-11-26(19-8-6-9-21(14-19)29-3)16-24-22(15-20(26)17-28)25-18(2)7-5-10-23(25)27-24/h4-10,14,20,27H,1,11-13,15-17H2,2-3H3. The van der Waals surface area contributed by atoms with Crippen molar-refractivity contribution >= 4 is 10.9 Å². The first kappa shape index (κ1) is 18.5. The van der Waals surface area contributed by atoms with E-state index in [-0.39, 0.29) is 5.41 Å². The van der Waals surface area contributed by atoms with Gasteiger partial charge in [0.2, 0.25) is 0 Å². The van der Waals surface area contributed by atoms with Gasteiger partial charge in [-0.05, 0) is 73.5 Å². The molecule has 0 saturated carbocycles. The zero-order valence-electron chi connectivity index (χ0n) is 17.5. The van der Waals surface area contributed by atoms with Crippen LogP contribution in [0.4, 0.5) is 0 Å². The van der Waals surface area contributed by atoms with Crippen molar-refractivity contribution in [3.63, 3.8) is 0 Å². The summed E-state index contributed by atoms with van der Waals surface area (Å²) in [6.07, 6.45) is 5.43. The summed E-state index contributed by atoms with van der Waals surface area (Å²) in [6, 6.07) is 15.4. The molecule has 3 nitrogen and oxygen atoms in total. The van der Waals surface area contributed by atoms with E-state index >= 15 is 0 Å². The Bertz CT molecular complexity index is 1070. The van der Waals surface area contributed by atoms with Gasteiger partial charge in [0.1, 0.15) is 5.75 Å². The van der Waals surface area contributed by atoms with Crippen LogP contribution in [0, 0.1) is 12.8 Å². The molecule has 1 N–H and O–H groups in total. The molecule has 0 bridgehead atoms. The highest BCUT2D eigenvalue weighted by atomic mass is 16.5. The first-order chi connectivity index (χ1) is 14.1. The van der Waals surface area contributed by atoms with Gasteiger partial charge in [0.15, 0.2) is 0 Å². The van der Waals surface area contributed by atoms with E-state index < -0.39 is 0 Å². The van der Waals surface area contributed by atoms with Crippen molar-refractivity contribution in [2.75, 3.05) is 26.7 Å². The zero-order chi connectivity index (χ0) is 20.0. The highest BCUT2D eigenvalue weighted by Gasteiger charge is 2.48. The number of aromatic amines is 1. The molecule has 1 saturated heterocycles. The van der Waals surface area contributed by atoms with Crippen LogP contribution in [0.3, 0.4) is 0 Å². The molecule has 29 heavy (non-hydrogen) atoms. The summed E-state index contributed by atoms with van der Waals surface area (Å²) >= 11 is 0. The maximum Gasteiger partial charge on any atom is 0.119 e. The SMILES string of the molecule is C=CCN1CCC2(c3cccc(OC)c3)Cc3[nH]c4cccc(C)c4c3CC2C1. The lowest BCUT2D eigenvalue weighted by Crippen LogP contribution is -2.53. The molecule has 0 amide bonds. The molecule has 3 heteroatoms.